The number of nitrogens with zero attached hydrogens (tertiary/aromatic N) is 2. The number of carbonyl (C=O) groups is 2. The van der Waals surface area contributed by atoms with Gasteiger partial charge in [-0.25, -0.2) is 8.42 Å². The summed E-state index contributed by atoms with van der Waals surface area (Å²) < 4.78 is 34.0. The van der Waals surface area contributed by atoms with Crippen LogP contribution in [0.3, 0.4) is 0 Å². The van der Waals surface area contributed by atoms with Gasteiger partial charge in [-0.05, 0) is 72.9 Å². The number of ether oxygens (including phenoxy) is 1. The number of nitrogens with one attached hydrogen (secondary N) is 1. The van der Waals surface area contributed by atoms with Crippen LogP contribution >= 0.6 is 11.6 Å². The normalized spacial score (nSPS) is 12.0. The second-order valence-corrected chi connectivity index (χ2v) is 12.3. The predicted octanol–water partition coefficient (Wildman–Crippen LogP) is 5.17. The molecule has 41 heavy (non-hydrogen) atoms. The molecule has 10 heteroatoms. The number of anilines is 1. The van der Waals surface area contributed by atoms with Crippen molar-refractivity contribution in [3.63, 3.8) is 0 Å². The Labute approximate surface area is 248 Å². The lowest BCUT2D eigenvalue weighted by molar-refractivity contribution is -0.139. The summed E-state index contributed by atoms with van der Waals surface area (Å²) in [6.45, 7) is 6.04. The zero-order valence-electron chi connectivity index (χ0n) is 23.9. The van der Waals surface area contributed by atoms with E-state index >= 15 is 0 Å². The summed E-state index contributed by atoms with van der Waals surface area (Å²) in [7, 11) is -2.68. The van der Waals surface area contributed by atoms with Crippen molar-refractivity contribution < 1.29 is 22.7 Å². The number of sulfonamides is 1. The molecule has 0 saturated heterocycles. The zero-order chi connectivity index (χ0) is 30.0. The number of carbonyl (C=O) groups excluding carboxylic acids is 2. The van der Waals surface area contributed by atoms with Crippen LogP contribution in [0.2, 0.25) is 5.02 Å². The highest BCUT2D eigenvalue weighted by atomic mass is 35.5. The molecular weight excluding hydrogens is 562 g/mol. The van der Waals surface area contributed by atoms with Crippen molar-refractivity contribution in [3.05, 3.63) is 89.4 Å². The maximum absolute atomic E-state index is 14.0. The Morgan fingerprint density at radius 2 is 1.59 bits per heavy atom. The van der Waals surface area contributed by atoms with Gasteiger partial charge in [-0.2, -0.15) is 0 Å². The third-order valence-corrected chi connectivity index (χ3v) is 8.64. The molecule has 0 saturated carbocycles. The minimum Gasteiger partial charge on any atom is -0.497 e. The lowest BCUT2D eigenvalue weighted by atomic mass is 10.1. The third-order valence-electron chi connectivity index (χ3n) is 6.60. The van der Waals surface area contributed by atoms with Crippen LogP contribution in [0, 0.1) is 5.92 Å². The van der Waals surface area contributed by atoms with Crippen molar-refractivity contribution in [3.8, 4) is 5.75 Å². The summed E-state index contributed by atoms with van der Waals surface area (Å²) in [5, 5.41) is 3.36. The largest absolute Gasteiger partial charge is 0.497 e. The standard InChI is InChI=1S/C31H38ClN3O5S/c1-5-29(31(37)33-21-23(2)3)34(20-19-24-9-7-6-8-10-24)30(36)22-35(26-13-11-25(32)12-14-26)41(38,39)28-17-15-27(40-4)16-18-28/h6-18,23,29H,5,19-22H2,1-4H3,(H,33,37). The second-order valence-electron chi connectivity index (χ2n) is 10.0. The average molecular weight is 600 g/mol. The van der Waals surface area contributed by atoms with Gasteiger partial charge < -0.3 is 15.0 Å². The quantitative estimate of drug-likeness (QED) is 0.276. The number of halogens is 1. The first kappa shape index (κ1) is 32.0. The van der Waals surface area contributed by atoms with Crippen molar-refractivity contribution in [2.24, 2.45) is 5.92 Å². The van der Waals surface area contributed by atoms with E-state index in [-0.39, 0.29) is 29.0 Å². The van der Waals surface area contributed by atoms with Crippen LogP contribution in [-0.2, 0) is 26.0 Å². The first-order valence-electron chi connectivity index (χ1n) is 13.6. The van der Waals surface area contributed by atoms with E-state index < -0.39 is 28.5 Å². The Morgan fingerprint density at radius 3 is 2.15 bits per heavy atom. The molecular formula is C31H38ClN3O5S. The van der Waals surface area contributed by atoms with Crippen molar-refractivity contribution in [1.29, 1.82) is 0 Å². The van der Waals surface area contributed by atoms with Crippen LogP contribution in [0.1, 0.15) is 32.8 Å². The van der Waals surface area contributed by atoms with E-state index in [9.17, 15) is 18.0 Å². The van der Waals surface area contributed by atoms with E-state index in [0.29, 0.717) is 30.2 Å². The summed E-state index contributed by atoms with van der Waals surface area (Å²) >= 11 is 6.08. The number of amides is 2. The van der Waals surface area contributed by atoms with Gasteiger partial charge in [0.15, 0.2) is 0 Å². The van der Waals surface area contributed by atoms with Crippen LogP contribution in [-0.4, -0.2) is 57.9 Å². The Kier molecular flexibility index (Phi) is 11.6. The van der Waals surface area contributed by atoms with E-state index in [0.717, 1.165) is 9.87 Å². The summed E-state index contributed by atoms with van der Waals surface area (Å²) in [6, 6.07) is 21.1. The third kappa shape index (κ3) is 8.71. The smallest absolute Gasteiger partial charge is 0.264 e. The Morgan fingerprint density at radius 1 is 0.951 bits per heavy atom. The average Bonchev–Trinajstić information content (AvgIpc) is 2.97. The molecule has 8 nitrogen and oxygen atoms in total. The molecule has 220 valence electrons. The predicted molar refractivity (Wildman–Crippen MR) is 163 cm³/mol. The lowest BCUT2D eigenvalue weighted by Crippen LogP contribution is -2.53. The SMILES string of the molecule is CCC(C(=O)NCC(C)C)N(CCc1ccccc1)C(=O)CN(c1ccc(Cl)cc1)S(=O)(=O)c1ccc(OC)cc1. The lowest BCUT2D eigenvalue weighted by Gasteiger charge is -2.33. The molecule has 0 aliphatic rings. The minimum absolute atomic E-state index is 0.00129. The maximum Gasteiger partial charge on any atom is 0.264 e. The summed E-state index contributed by atoms with van der Waals surface area (Å²) in [5.41, 5.74) is 1.28. The van der Waals surface area contributed by atoms with Gasteiger partial charge in [0.1, 0.15) is 18.3 Å². The van der Waals surface area contributed by atoms with Gasteiger partial charge in [0.2, 0.25) is 11.8 Å². The number of methoxy groups -OCH3 is 1. The highest BCUT2D eigenvalue weighted by Crippen LogP contribution is 2.27. The fraction of sp³-hybridized carbons (Fsp3) is 0.355. The molecule has 0 heterocycles. The molecule has 3 aromatic rings. The summed E-state index contributed by atoms with van der Waals surface area (Å²) in [6.07, 6.45) is 0.878. The molecule has 0 radical (unpaired) electrons. The van der Waals surface area contributed by atoms with E-state index in [1.165, 1.54) is 24.1 Å². The molecule has 3 rings (SSSR count). The van der Waals surface area contributed by atoms with Crippen molar-refractivity contribution in [2.75, 3.05) is 31.0 Å². The molecule has 3 aromatic carbocycles. The summed E-state index contributed by atoms with van der Waals surface area (Å²) in [4.78, 5) is 28.8. The minimum atomic E-state index is -4.18. The zero-order valence-corrected chi connectivity index (χ0v) is 25.5. The number of hydrogen-bond acceptors (Lipinski definition) is 5. The molecule has 0 aliphatic heterocycles. The fourth-order valence-electron chi connectivity index (χ4n) is 4.33. The van der Waals surface area contributed by atoms with Crippen molar-refractivity contribution in [1.82, 2.24) is 10.2 Å². The number of rotatable bonds is 14. The van der Waals surface area contributed by atoms with Gasteiger partial charge in [-0.15, -0.1) is 0 Å². The molecule has 1 unspecified atom stereocenters. The van der Waals surface area contributed by atoms with Gasteiger partial charge in [0.05, 0.1) is 17.7 Å². The molecule has 1 atom stereocenters. The number of hydrogen-bond donors (Lipinski definition) is 1. The molecule has 0 aromatic heterocycles. The van der Waals surface area contributed by atoms with Crippen molar-refractivity contribution >= 4 is 39.1 Å². The van der Waals surface area contributed by atoms with Crippen LogP contribution in [0.5, 0.6) is 5.75 Å². The van der Waals surface area contributed by atoms with E-state index in [1.807, 2.05) is 51.1 Å². The number of benzene rings is 3. The molecule has 2 amide bonds. The van der Waals surface area contributed by atoms with Gasteiger partial charge in [0.25, 0.3) is 10.0 Å². The van der Waals surface area contributed by atoms with Crippen LogP contribution in [0.15, 0.2) is 83.8 Å². The summed E-state index contributed by atoms with van der Waals surface area (Å²) in [5.74, 6) is -0.0125. The molecule has 0 spiro atoms. The van der Waals surface area contributed by atoms with Gasteiger partial charge in [-0.3, -0.25) is 13.9 Å². The fourth-order valence-corrected chi connectivity index (χ4v) is 5.87. The molecule has 0 bridgehead atoms. The highest BCUT2D eigenvalue weighted by molar-refractivity contribution is 7.92. The maximum atomic E-state index is 14.0. The molecule has 0 fully saturated rings. The molecule has 0 aliphatic carbocycles. The van der Waals surface area contributed by atoms with E-state index in [1.54, 1.807) is 36.4 Å². The van der Waals surface area contributed by atoms with Crippen molar-refractivity contribution in [2.45, 2.75) is 44.6 Å². The van der Waals surface area contributed by atoms with Crippen LogP contribution < -0.4 is 14.4 Å². The van der Waals surface area contributed by atoms with Gasteiger partial charge in [-0.1, -0.05) is 62.7 Å². The van der Waals surface area contributed by atoms with E-state index in [2.05, 4.69) is 5.32 Å². The van der Waals surface area contributed by atoms with E-state index in [4.69, 9.17) is 16.3 Å². The second kappa shape index (κ2) is 14.9. The Balaban J connectivity index is 1.99. The first-order valence-corrected chi connectivity index (χ1v) is 15.4. The monoisotopic (exact) mass is 599 g/mol. The molecule has 1 N–H and O–H groups in total. The highest BCUT2D eigenvalue weighted by Gasteiger charge is 2.33. The van der Waals surface area contributed by atoms with Crippen LogP contribution in [0.4, 0.5) is 5.69 Å². The Hall–Kier alpha value is -3.56. The Bertz CT molecular complexity index is 1380. The van der Waals surface area contributed by atoms with Gasteiger partial charge >= 0.3 is 0 Å². The first-order chi connectivity index (χ1) is 19.6. The van der Waals surface area contributed by atoms with Crippen LogP contribution in [0.25, 0.3) is 0 Å². The van der Waals surface area contributed by atoms with Gasteiger partial charge in [0, 0.05) is 18.1 Å². The topological polar surface area (TPSA) is 96.0 Å².